The summed E-state index contributed by atoms with van der Waals surface area (Å²) in [5.41, 5.74) is 1.28. The molecular formula is C22H23N3O4. The fourth-order valence-electron chi connectivity index (χ4n) is 3.07. The second-order valence-corrected chi connectivity index (χ2v) is 7.85. The summed E-state index contributed by atoms with van der Waals surface area (Å²) >= 11 is 0. The van der Waals surface area contributed by atoms with Crippen LogP contribution in [0.3, 0.4) is 0 Å². The first-order valence-corrected chi connectivity index (χ1v) is 9.35. The Bertz CT molecular complexity index is 1020. The van der Waals surface area contributed by atoms with Gasteiger partial charge < -0.3 is 10.6 Å². The number of rotatable bonds is 4. The van der Waals surface area contributed by atoms with Crippen molar-refractivity contribution >= 4 is 29.3 Å². The van der Waals surface area contributed by atoms with E-state index in [1.807, 2.05) is 20.8 Å². The lowest BCUT2D eigenvalue weighted by Gasteiger charge is -2.20. The second kappa shape index (κ2) is 7.50. The van der Waals surface area contributed by atoms with Gasteiger partial charge in [-0.15, -0.1) is 0 Å². The lowest BCUT2D eigenvalue weighted by Crippen LogP contribution is -2.40. The van der Waals surface area contributed by atoms with Crippen molar-refractivity contribution in [1.82, 2.24) is 10.2 Å². The number of hydrogen-bond donors (Lipinski definition) is 2. The number of fused-ring (bicyclic) bond motifs is 1. The Balaban J connectivity index is 1.79. The molecule has 2 aromatic carbocycles. The Morgan fingerprint density at radius 3 is 2.21 bits per heavy atom. The van der Waals surface area contributed by atoms with Gasteiger partial charge in [-0.1, -0.05) is 6.07 Å². The molecule has 0 unspecified atom stereocenters. The van der Waals surface area contributed by atoms with Gasteiger partial charge in [-0.25, -0.2) is 0 Å². The molecule has 0 spiro atoms. The Kier molecular flexibility index (Phi) is 5.24. The zero-order valence-electron chi connectivity index (χ0n) is 16.8. The molecule has 7 heteroatoms. The van der Waals surface area contributed by atoms with Crippen molar-refractivity contribution in [3.8, 4) is 0 Å². The van der Waals surface area contributed by atoms with Crippen LogP contribution in [-0.4, -0.2) is 40.6 Å². The highest BCUT2D eigenvalue weighted by atomic mass is 16.2. The first kappa shape index (κ1) is 20.3. The molecule has 2 aromatic rings. The van der Waals surface area contributed by atoms with Crippen molar-refractivity contribution < 1.29 is 19.2 Å². The van der Waals surface area contributed by atoms with Gasteiger partial charge in [-0.2, -0.15) is 0 Å². The van der Waals surface area contributed by atoms with E-state index in [0.717, 1.165) is 4.90 Å². The Morgan fingerprint density at radius 2 is 1.55 bits per heavy atom. The van der Waals surface area contributed by atoms with E-state index in [-0.39, 0.29) is 35.0 Å². The number of nitrogens with one attached hydrogen (secondary N) is 2. The second-order valence-electron chi connectivity index (χ2n) is 7.85. The first-order chi connectivity index (χ1) is 13.6. The van der Waals surface area contributed by atoms with E-state index >= 15 is 0 Å². The predicted molar refractivity (Wildman–Crippen MR) is 109 cm³/mol. The van der Waals surface area contributed by atoms with Crippen molar-refractivity contribution in [2.45, 2.75) is 33.2 Å². The number of hydrogen-bond acceptors (Lipinski definition) is 4. The van der Waals surface area contributed by atoms with Crippen molar-refractivity contribution in [2.24, 2.45) is 0 Å². The quantitative estimate of drug-likeness (QED) is 0.781. The van der Waals surface area contributed by atoms with Crippen LogP contribution in [0.15, 0.2) is 42.5 Å². The zero-order chi connectivity index (χ0) is 21.3. The van der Waals surface area contributed by atoms with Gasteiger partial charge in [0.15, 0.2) is 0 Å². The van der Waals surface area contributed by atoms with Crippen molar-refractivity contribution in [1.29, 1.82) is 0 Å². The molecule has 0 aromatic heterocycles. The van der Waals surface area contributed by atoms with Gasteiger partial charge >= 0.3 is 0 Å². The van der Waals surface area contributed by atoms with Crippen LogP contribution in [0.2, 0.25) is 0 Å². The molecule has 7 nitrogen and oxygen atoms in total. The maximum absolute atomic E-state index is 12.6. The fraction of sp³-hybridized carbons (Fsp3) is 0.273. The van der Waals surface area contributed by atoms with Gasteiger partial charge in [0.1, 0.15) is 0 Å². The van der Waals surface area contributed by atoms with Gasteiger partial charge in [0.25, 0.3) is 23.6 Å². The first-order valence-electron chi connectivity index (χ1n) is 9.35. The van der Waals surface area contributed by atoms with Crippen LogP contribution in [0.4, 0.5) is 5.69 Å². The zero-order valence-corrected chi connectivity index (χ0v) is 16.8. The smallest absolute Gasteiger partial charge is 0.261 e. The highest BCUT2D eigenvalue weighted by Gasteiger charge is 2.34. The van der Waals surface area contributed by atoms with Crippen LogP contribution in [0, 0.1) is 0 Å². The largest absolute Gasteiger partial charge is 0.347 e. The minimum atomic E-state index is -0.434. The molecule has 1 heterocycles. The summed E-state index contributed by atoms with van der Waals surface area (Å²) in [4.78, 5) is 50.6. The van der Waals surface area contributed by atoms with E-state index in [0.29, 0.717) is 16.8 Å². The molecule has 0 aliphatic carbocycles. The third-order valence-electron chi connectivity index (χ3n) is 4.42. The summed E-state index contributed by atoms with van der Waals surface area (Å²) in [7, 11) is 0. The summed E-state index contributed by atoms with van der Waals surface area (Å²) in [5.74, 6) is -1.42. The van der Waals surface area contributed by atoms with E-state index in [9.17, 15) is 19.2 Å². The lowest BCUT2D eigenvalue weighted by atomic mass is 10.0. The normalized spacial score (nSPS) is 13.3. The summed E-state index contributed by atoms with van der Waals surface area (Å²) in [6.45, 7) is 7.65. The third-order valence-corrected chi connectivity index (χ3v) is 4.42. The summed E-state index contributed by atoms with van der Waals surface area (Å²) < 4.78 is 0. The Morgan fingerprint density at radius 1 is 0.897 bits per heavy atom. The summed E-state index contributed by atoms with van der Waals surface area (Å²) in [6, 6.07) is 11.0. The third kappa shape index (κ3) is 4.18. The average molecular weight is 393 g/mol. The van der Waals surface area contributed by atoms with Crippen molar-refractivity contribution in [2.75, 3.05) is 11.9 Å². The van der Waals surface area contributed by atoms with Gasteiger partial charge in [-0.3, -0.25) is 24.1 Å². The van der Waals surface area contributed by atoms with Gasteiger partial charge in [0.2, 0.25) is 0 Å². The number of carbonyl (C=O) groups excluding carboxylic acids is 4. The van der Waals surface area contributed by atoms with Crippen LogP contribution in [0.1, 0.15) is 69.1 Å². The molecule has 0 fully saturated rings. The van der Waals surface area contributed by atoms with Crippen molar-refractivity contribution in [3.63, 3.8) is 0 Å². The van der Waals surface area contributed by atoms with E-state index < -0.39 is 11.8 Å². The lowest BCUT2D eigenvalue weighted by molar-refractivity contribution is 0.0662. The molecule has 0 saturated carbocycles. The number of amides is 4. The van der Waals surface area contributed by atoms with E-state index in [1.54, 1.807) is 31.2 Å². The van der Waals surface area contributed by atoms with E-state index in [1.165, 1.54) is 18.2 Å². The number of imide groups is 1. The molecule has 0 atom stereocenters. The molecule has 29 heavy (non-hydrogen) atoms. The molecule has 4 amide bonds. The monoisotopic (exact) mass is 393 g/mol. The van der Waals surface area contributed by atoms with E-state index in [2.05, 4.69) is 10.6 Å². The molecule has 3 rings (SSSR count). The molecule has 0 bridgehead atoms. The van der Waals surface area contributed by atoms with Crippen LogP contribution >= 0.6 is 0 Å². The van der Waals surface area contributed by atoms with Gasteiger partial charge in [0.05, 0.1) is 11.1 Å². The number of anilines is 1. The maximum Gasteiger partial charge on any atom is 0.261 e. The van der Waals surface area contributed by atoms with Crippen LogP contribution < -0.4 is 10.6 Å². The molecule has 0 saturated heterocycles. The van der Waals surface area contributed by atoms with Crippen LogP contribution in [0.5, 0.6) is 0 Å². The highest BCUT2D eigenvalue weighted by molar-refractivity contribution is 6.22. The molecule has 2 N–H and O–H groups in total. The van der Waals surface area contributed by atoms with E-state index in [4.69, 9.17) is 0 Å². The van der Waals surface area contributed by atoms with Crippen LogP contribution in [-0.2, 0) is 0 Å². The van der Waals surface area contributed by atoms with Gasteiger partial charge in [-0.05, 0) is 64.1 Å². The van der Waals surface area contributed by atoms with Crippen molar-refractivity contribution in [3.05, 3.63) is 64.7 Å². The fourth-order valence-corrected chi connectivity index (χ4v) is 3.07. The average Bonchev–Trinajstić information content (AvgIpc) is 2.90. The Hall–Kier alpha value is -3.48. The summed E-state index contributed by atoms with van der Waals surface area (Å²) in [6.07, 6.45) is 0. The number of carbonyl (C=O) groups is 4. The maximum atomic E-state index is 12.6. The molecule has 1 aliphatic rings. The van der Waals surface area contributed by atoms with Crippen LogP contribution in [0.25, 0.3) is 0 Å². The topological polar surface area (TPSA) is 95.6 Å². The number of nitrogens with zero attached hydrogens (tertiary/aromatic N) is 1. The number of benzene rings is 2. The van der Waals surface area contributed by atoms with Gasteiger partial charge in [0, 0.05) is 28.9 Å². The summed E-state index contributed by atoms with van der Waals surface area (Å²) in [5, 5.41) is 5.60. The minimum absolute atomic E-state index is 0.225. The predicted octanol–water partition coefficient (Wildman–Crippen LogP) is 3.08. The molecular weight excluding hydrogens is 370 g/mol. The molecule has 150 valence electrons. The Labute approximate surface area is 169 Å². The highest BCUT2D eigenvalue weighted by Crippen LogP contribution is 2.24. The SMILES string of the molecule is CCN1C(=O)c2ccc(C(=O)Nc3cccc(C(=O)NC(C)(C)C)c3)cc2C1=O. The molecule has 1 aliphatic heterocycles. The molecule has 0 radical (unpaired) electrons. The standard InChI is InChI=1S/C22H23N3O4/c1-5-25-20(28)16-10-9-14(12-17(16)21(25)29)18(26)23-15-8-6-7-13(11-15)19(27)24-22(2,3)4/h6-12H,5H2,1-4H3,(H,23,26)(H,24,27). The minimum Gasteiger partial charge on any atom is -0.347 e.